The third-order valence-electron chi connectivity index (χ3n) is 13.5. The Balaban J connectivity index is 1.09. The van der Waals surface area contributed by atoms with Crippen LogP contribution in [0.15, 0.2) is 268 Å². The van der Waals surface area contributed by atoms with Crippen LogP contribution in [0.5, 0.6) is 0 Å². The second-order valence-electron chi connectivity index (χ2n) is 18.3. The summed E-state index contributed by atoms with van der Waals surface area (Å²) >= 11 is 0. The fraction of sp³-hybridized carbons (Fsp3) is 0.0429. The minimum atomic E-state index is -0.143. The number of aliphatic hydroxyl groups is 1. The van der Waals surface area contributed by atoms with Gasteiger partial charge in [-0.05, 0) is 122 Å². The first-order chi connectivity index (χ1) is 36.3. The number of nitrogens with zero attached hydrogens (tertiary/aromatic N) is 2. The quantitative estimate of drug-likeness (QED) is 0.0595. The van der Waals surface area contributed by atoms with Crippen LogP contribution in [-0.2, 0) is 11.2 Å². The molecule has 0 radical (unpaired) electrons. The number of benzene rings is 8. The van der Waals surface area contributed by atoms with Crippen LogP contribution in [0, 0.1) is 6.92 Å². The molecule has 0 bridgehead atoms. The number of aromatic nitrogens is 2. The van der Waals surface area contributed by atoms with Crippen LogP contribution in [0.3, 0.4) is 0 Å². The topological polar surface area (TPSA) is 63.1 Å². The van der Waals surface area contributed by atoms with Gasteiger partial charge in [-0.25, -0.2) is 0 Å². The number of rotatable bonds is 16. The minimum Gasteiger partial charge on any atom is -0.507 e. The van der Waals surface area contributed by atoms with Crippen molar-refractivity contribution in [1.29, 1.82) is 0 Å². The third kappa shape index (κ3) is 10.7. The van der Waals surface area contributed by atoms with Crippen molar-refractivity contribution >= 4 is 17.1 Å². The molecule has 4 heteroatoms. The molecule has 4 nitrogen and oxygen atoms in total. The highest BCUT2D eigenvalue weighted by Gasteiger charge is 2.19. The van der Waals surface area contributed by atoms with Crippen molar-refractivity contribution in [2.75, 3.05) is 0 Å². The maximum atomic E-state index is 13.4. The average Bonchev–Trinajstić information content (AvgIpc) is 3.46. The number of carbonyl (C=O) groups is 1. The van der Waals surface area contributed by atoms with Crippen LogP contribution in [0.25, 0.3) is 101 Å². The highest BCUT2D eigenvalue weighted by Crippen LogP contribution is 2.43. The minimum absolute atomic E-state index is 0.0334. The van der Waals surface area contributed by atoms with E-state index in [1.807, 2.05) is 73.1 Å². The van der Waals surface area contributed by atoms with Gasteiger partial charge in [-0.3, -0.25) is 14.8 Å². The Morgan fingerprint density at radius 1 is 0.486 bits per heavy atom. The lowest BCUT2D eigenvalue weighted by atomic mass is 9.85. The lowest BCUT2D eigenvalue weighted by molar-refractivity contribution is -0.114. The molecule has 0 saturated carbocycles. The molecule has 10 aromatic rings. The Labute approximate surface area is 434 Å². The number of carbonyl (C=O) groups excluding carboxylic acids is 1. The van der Waals surface area contributed by atoms with Crippen molar-refractivity contribution in [2.24, 2.45) is 0 Å². The Morgan fingerprint density at radius 2 is 0.959 bits per heavy atom. The van der Waals surface area contributed by atoms with E-state index in [1.54, 1.807) is 18.2 Å². The summed E-state index contributed by atoms with van der Waals surface area (Å²) in [6.07, 6.45) is 11.6. The van der Waals surface area contributed by atoms with E-state index in [4.69, 9.17) is 9.97 Å². The molecular formula is C70H54N2O2. The van der Waals surface area contributed by atoms with Crippen LogP contribution in [0.2, 0.25) is 0 Å². The van der Waals surface area contributed by atoms with Crippen LogP contribution in [-0.4, -0.2) is 20.9 Å². The molecule has 1 N–H and O–H groups in total. The molecule has 2 heterocycles. The van der Waals surface area contributed by atoms with Gasteiger partial charge in [-0.1, -0.05) is 219 Å². The number of aliphatic hydroxyl groups excluding tert-OH is 1. The van der Waals surface area contributed by atoms with E-state index >= 15 is 0 Å². The van der Waals surface area contributed by atoms with Gasteiger partial charge in [0, 0.05) is 52.7 Å². The van der Waals surface area contributed by atoms with Crippen molar-refractivity contribution in [1.82, 2.24) is 9.97 Å². The number of pyridine rings is 2. The van der Waals surface area contributed by atoms with Gasteiger partial charge in [-0.15, -0.1) is 0 Å². The summed E-state index contributed by atoms with van der Waals surface area (Å²) in [6, 6.07) is 75.4. The molecule has 0 aliphatic rings. The summed E-state index contributed by atoms with van der Waals surface area (Å²) in [5.74, 6) is -0.176. The van der Waals surface area contributed by atoms with Gasteiger partial charge in [0.15, 0.2) is 5.78 Å². The van der Waals surface area contributed by atoms with E-state index in [2.05, 4.69) is 178 Å². The first-order valence-corrected chi connectivity index (χ1v) is 24.9. The van der Waals surface area contributed by atoms with Gasteiger partial charge in [0.2, 0.25) is 0 Å². The summed E-state index contributed by atoms with van der Waals surface area (Å²) in [6.45, 7) is 10.1. The summed E-state index contributed by atoms with van der Waals surface area (Å²) < 4.78 is 0. The Morgan fingerprint density at radius 3 is 1.59 bits per heavy atom. The first-order valence-electron chi connectivity index (χ1n) is 24.9. The predicted molar refractivity (Wildman–Crippen MR) is 309 cm³/mol. The maximum Gasteiger partial charge on any atom is 0.159 e. The molecule has 0 atom stereocenters. The molecule has 356 valence electrons. The predicted octanol–water partition coefficient (Wildman–Crippen LogP) is 18.0. The van der Waals surface area contributed by atoms with E-state index in [0.717, 1.165) is 112 Å². The molecule has 8 aromatic carbocycles. The zero-order chi connectivity index (χ0) is 50.8. The van der Waals surface area contributed by atoms with Crippen LogP contribution < -0.4 is 0 Å². The molecule has 74 heavy (non-hydrogen) atoms. The SMILES string of the molecule is C=C/C=C\C(=C)c1cnc(-c2ccc(-c3ccccc3-c3cc(-c4ccccc4CCC(=O)/C=C(\O)c4ccccc4)cc(-c4ccccc4-c4cnc(-c5ccccc5)cc4-c4ccccc4)c3)cc2)cc1C. The molecular weight excluding hydrogens is 901 g/mol. The third-order valence-corrected chi connectivity index (χ3v) is 13.5. The number of aryl methyl sites for hydroxylation is 2. The lowest BCUT2D eigenvalue weighted by Gasteiger charge is -2.19. The normalized spacial score (nSPS) is 11.4. The smallest absolute Gasteiger partial charge is 0.159 e. The molecule has 2 aromatic heterocycles. The van der Waals surface area contributed by atoms with E-state index in [-0.39, 0.29) is 18.0 Å². The molecule has 0 saturated heterocycles. The molecule has 0 aliphatic heterocycles. The Kier molecular flexibility index (Phi) is 14.5. The van der Waals surface area contributed by atoms with Crippen molar-refractivity contribution in [3.63, 3.8) is 0 Å². The highest BCUT2D eigenvalue weighted by molar-refractivity contribution is 5.97. The van der Waals surface area contributed by atoms with Gasteiger partial charge < -0.3 is 5.11 Å². The standard InChI is InChI=1S/C70H54N2O2/c1-4-5-21-48(2)66-46-71-68(40-49(66)3)54-36-34-52(35-37-54)61-30-17-18-31-62(61)57-41-56(60-29-16-15-24-51(60)38-39-59(73)44-70(74)55-27-13-8-14-28-55)42-58(43-57)63-32-19-20-33-64(63)67-47-72-69(53-25-11-7-12-26-53)45-65(67)50-22-9-6-10-23-50/h4-37,40-47,74H,1-2,38-39H2,3H3/b21-5-,70-44-. The molecule has 0 spiro atoms. The average molecular weight is 955 g/mol. The molecule has 0 unspecified atom stereocenters. The van der Waals surface area contributed by atoms with Gasteiger partial charge in [-0.2, -0.15) is 0 Å². The summed E-state index contributed by atoms with van der Waals surface area (Å²) in [4.78, 5) is 23.4. The number of hydrogen-bond donors (Lipinski definition) is 1. The lowest BCUT2D eigenvalue weighted by Crippen LogP contribution is -2.00. The number of allylic oxidation sites excluding steroid dienone is 5. The summed E-state index contributed by atoms with van der Waals surface area (Å²) in [5.41, 5.74) is 21.3. The van der Waals surface area contributed by atoms with Gasteiger partial charge in [0.25, 0.3) is 0 Å². The zero-order valence-corrected chi connectivity index (χ0v) is 41.3. The van der Waals surface area contributed by atoms with E-state index in [1.165, 1.54) is 6.08 Å². The van der Waals surface area contributed by atoms with Crippen molar-refractivity contribution in [3.8, 4) is 89.3 Å². The molecule has 10 rings (SSSR count). The van der Waals surface area contributed by atoms with Gasteiger partial charge in [0.1, 0.15) is 5.76 Å². The monoisotopic (exact) mass is 954 g/mol. The molecule has 0 aliphatic carbocycles. The first kappa shape index (κ1) is 48.1. The largest absolute Gasteiger partial charge is 0.507 e. The highest BCUT2D eigenvalue weighted by atomic mass is 16.3. The second-order valence-corrected chi connectivity index (χ2v) is 18.3. The zero-order valence-electron chi connectivity index (χ0n) is 41.3. The maximum absolute atomic E-state index is 13.4. The summed E-state index contributed by atoms with van der Waals surface area (Å²) in [5, 5.41) is 10.8. The van der Waals surface area contributed by atoms with Gasteiger partial charge in [0.05, 0.1) is 11.4 Å². The number of ketones is 1. The van der Waals surface area contributed by atoms with Crippen molar-refractivity contribution in [2.45, 2.75) is 19.8 Å². The van der Waals surface area contributed by atoms with E-state index in [0.29, 0.717) is 12.0 Å². The summed E-state index contributed by atoms with van der Waals surface area (Å²) in [7, 11) is 0. The van der Waals surface area contributed by atoms with Gasteiger partial charge >= 0.3 is 0 Å². The molecule has 0 amide bonds. The van der Waals surface area contributed by atoms with Crippen LogP contribution in [0.4, 0.5) is 0 Å². The van der Waals surface area contributed by atoms with Crippen molar-refractivity contribution in [3.05, 3.63) is 290 Å². The molecule has 0 fully saturated rings. The Hall–Kier alpha value is -9.51. The Bertz CT molecular complexity index is 3720. The fourth-order valence-electron chi connectivity index (χ4n) is 9.68. The van der Waals surface area contributed by atoms with Crippen molar-refractivity contribution < 1.29 is 9.90 Å². The van der Waals surface area contributed by atoms with E-state index < -0.39 is 0 Å². The second kappa shape index (κ2) is 22.3. The van der Waals surface area contributed by atoms with Crippen LogP contribution >= 0.6 is 0 Å². The fourth-order valence-corrected chi connectivity index (χ4v) is 9.68. The van der Waals surface area contributed by atoms with E-state index in [9.17, 15) is 9.90 Å². The van der Waals surface area contributed by atoms with Crippen LogP contribution in [0.1, 0.15) is 28.7 Å². The number of hydrogen-bond acceptors (Lipinski definition) is 4.